The van der Waals surface area contributed by atoms with Crippen molar-refractivity contribution in [3.05, 3.63) is 35.9 Å². The first-order valence-corrected chi connectivity index (χ1v) is 16.0. The van der Waals surface area contributed by atoms with Crippen LogP contribution in [0.3, 0.4) is 0 Å². The van der Waals surface area contributed by atoms with Gasteiger partial charge in [0.15, 0.2) is 0 Å². The molecule has 0 aliphatic carbocycles. The maximum atomic E-state index is 13.3. The van der Waals surface area contributed by atoms with Gasteiger partial charge in [0.25, 0.3) is 0 Å². The summed E-state index contributed by atoms with van der Waals surface area (Å²) in [4.78, 5) is 116. The van der Waals surface area contributed by atoms with Crippen LogP contribution in [0.4, 0.5) is 0 Å². The smallest absolute Gasteiger partial charge is 0.469 e. The zero-order valence-electron chi connectivity index (χ0n) is 25.9. The van der Waals surface area contributed by atoms with Crippen molar-refractivity contribution in [2.75, 3.05) is 6.61 Å². The molecule has 1 rings (SSSR count). The van der Waals surface area contributed by atoms with E-state index in [9.17, 15) is 57.8 Å². The summed E-state index contributed by atoms with van der Waals surface area (Å²) >= 11 is 0. The van der Waals surface area contributed by atoms with Crippen molar-refractivity contribution in [1.29, 1.82) is 0 Å². The first kappa shape index (κ1) is 42.1. The van der Waals surface area contributed by atoms with Crippen LogP contribution in [-0.4, -0.2) is 109 Å². The Morgan fingerprint density at radius 1 is 0.673 bits per heavy atom. The Labute approximate surface area is 278 Å². The summed E-state index contributed by atoms with van der Waals surface area (Å²) in [7, 11) is -5.30. The number of carbonyl (C=O) groups excluding carboxylic acids is 5. The Hall–Kier alpha value is -4.95. The molecule has 272 valence electrons. The molecular weight excluding hydrogens is 679 g/mol. The van der Waals surface area contributed by atoms with Gasteiger partial charge in [-0.3, -0.25) is 38.1 Å². The highest BCUT2D eigenvalue weighted by molar-refractivity contribution is 7.46. The standard InChI is InChI=1S/C27H39N6O15P/c28-15(12-14-4-2-1-3-5-14)23(39)30-16(6-9-20(29)34)25(41)33-19(13-48-49(45,46)47)26(42)31-17(7-10-21(35)36)24(40)32-18(27(43)44)8-11-22(37)38/h1-5,15-19H,6-13,28H2,(H2,29,34)(H,30,39)(H,31,42)(H,32,40)(H,33,41)(H,35,36)(H,37,38)(H,43,44)(H2,45,46,47)/t15-,16-,17-,18-,19-/m0/s1. The second-order valence-corrected chi connectivity index (χ2v) is 11.8. The van der Waals surface area contributed by atoms with Crippen molar-refractivity contribution in [1.82, 2.24) is 21.3 Å². The van der Waals surface area contributed by atoms with Crippen LogP contribution in [0.25, 0.3) is 0 Å². The number of amides is 5. The number of nitrogens with one attached hydrogen (secondary N) is 4. The minimum atomic E-state index is -5.30. The summed E-state index contributed by atoms with van der Waals surface area (Å²) in [6.45, 7) is -1.24. The molecule has 0 fully saturated rings. The summed E-state index contributed by atoms with van der Waals surface area (Å²) < 4.78 is 15.8. The third-order valence-corrected chi connectivity index (χ3v) is 7.02. The van der Waals surface area contributed by atoms with Crippen LogP contribution >= 0.6 is 7.82 Å². The van der Waals surface area contributed by atoms with E-state index in [0.717, 1.165) is 0 Å². The van der Waals surface area contributed by atoms with Gasteiger partial charge in [0.2, 0.25) is 29.5 Å². The van der Waals surface area contributed by atoms with Crippen LogP contribution in [0.5, 0.6) is 0 Å². The maximum Gasteiger partial charge on any atom is 0.469 e. The second kappa shape index (κ2) is 20.4. The van der Waals surface area contributed by atoms with E-state index in [4.69, 9.17) is 21.7 Å². The largest absolute Gasteiger partial charge is 0.481 e. The van der Waals surface area contributed by atoms with E-state index < -0.39 is 131 Å². The third kappa shape index (κ3) is 17.7. The van der Waals surface area contributed by atoms with E-state index >= 15 is 0 Å². The average Bonchev–Trinajstić information content (AvgIpc) is 3.00. The van der Waals surface area contributed by atoms with Gasteiger partial charge in [-0.2, -0.15) is 0 Å². The predicted molar refractivity (Wildman–Crippen MR) is 164 cm³/mol. The molecule has 0 radical (unpaired) electrons. The lowest BCUT2D eigenvalue weighted by Crippen LogP contribution is -2.59. The third-order valence-electron chi connectivity index (χ3n) is 6.53. The van der Waals surface area contributed by atoms with Crippen LogP contribution in [-0.2, 0) is 53.9 Å². The quantitative estimate of drug-likeness (QED) is 0.0493. The summed E-state index contributed by atoms with van der Waals surface area (Å²) in [5, 5.41) is 35.7. The fourth-order valence-electron chi connectivity index (χ4n) is 4.03. The van der Waals surface area contributed by atoms with Gasteiger partial charge in [-0.05, 0) is 31.2 Å². The Morgan fingerprint density at radius 3 is 1.57 bits per heavy atom. The number of hydrogen-bond acceptors (Lipinski definition) is 11. The van der Waals surface area contributed by atoms with Crippen molar-refractivity contribution in [2.24, 2.45) is 11.5 Å². The molecule has 5 amide bonds. The van der Waals surface area contributed by atoms with Crippen molar-refractivity contribution in [3.8, 4) is 0 Å². The molecule has 0 spiro atoms. The minimum Gasteiger partial charge on any atom is -0.481 e. The first-order chi connectivity index (χ1) is 22.8. The van der Waals surface area contributed by atoms with E-state index in [0.29, 0.717) is 5.56 Å². The Kier molecular flexibility index (Phi) is 17.5. The normalized spacial score (nSPS) is 14.2. The number of primary amides is 1. The molecule has 5 atom stereocenters. The van der Waals surface area contributed by atoms with Crippen LogP contribution < -0.4 is 32.7 Å². The lowest BCUT2D eigenvalue weighted by molar-refractivity contribution is -0.144. The molecule has 1 aromatic carbocycles. The van der Waals surface area contributed by atoms with Crippen LogP contribution in [0, 0.1) is 0 Å². The predicted octanol–water partition coefficient (Wildman–Crippen LogP) is -3.32. The number of benzene rings is 1. The van der Waals surface area contributed by atoms with E-state index in [1.54, 1.807) is 30.3 Å². The average molecular weight is 719 g/mol. The number of phosphoric acid groups is 1. The molecule has 0 unspecified atom stereocenters. The SMILES string of the molecule is NC(=O)CC[C@H](NC(=O)[C@@H](N)Cc1ccccc1)C(=O)N[C@@H](COP(=O)(O)O)C(=O)N[C@@H](CCC(=O)O)C(=O)N[C@@H](CCC(=O)O)C(=O)O. The van der Waals surface area contributed by atoms with Gasteiger partial charge in [-0.25, -0.2) is 9.36 Å². The van der Waals surface area contributed by atoms with Gasteiger partial charge in [0.1, 0.15) is 24.2 Å². The number of carbonyl (C=O) groups is 8. The number of hydrogen-bond donors (Lipinski definition) is 11. The molecule has 49 heavy (non-hydrogen) atoms. The molecule has 22 heteroatoms. The first-order valence-electron chi connectivity index (χ1n) is 14.4. The molecule has 0 heterocycles. The van der Waals surface area contributed by atoms with Crippen molar-refractivity contribution in [3.63, 3.8) is 0 Å². The molecule has 0 aliphatic rings. The molecule has 0 saturated carbocycles. The fraction of sp³-hybridized carbons (Fsp3) is 0.481. The van der Waals surface area contributed by atoms with E-state index in [-0.39, 0.29) is 6.42 Å². The van der Waals surface area contributed by atoms with Gasteiger partial charge >= 0.3 is 25.7 Å². The number of rotatable bonds is 23. The van der Waals surface area contributed by atoms with E-state index in [1.807, 2.05) is 10.6 Å². The molecule has 21 nitrogen and oxygen atoms in total. The summed E-state index contributed by atoms with van der Waals surface area (Å²) in [6, 6.07) is 0.0850. The topological polar surface area (TPSA) is 364 Å². The number of phosphoric ester groups is 1. The van der Waals surface area contributed by atoms with Crippen molar-refractivity contribution >= 4 is 55.3 Å². The Balaban J connectivity index is 3.26. The Bertz CT molecular complexity index is 1410. The minimum absolute atomic E-state index is 0.0385. The molecule has 13 N–H and O–H groups in total. The number of aliphatic carboxylic acids is 3. The Morgan fingerprint density at radius 2 is 1.10 bits per heavy atom. The number of carboxylic acids is 3. The van der Waals surface area contributed by atoms with Gasteiger partial charge in [0.05, 0.1) is 12.6 Å². The van der Waals surface area contributed by atoms with Gasteiger partial charge in [-0.1, -0.05) is 30.3 Å². The van der Waals surface area contributed by atoms with Crippen molar-refractivity contribution in [2.45, 2.75) is 75.2 Å². The lowest BCUT2D eigenvalue weighted by atomic mass is 10.0. The van der Waals surface area contributed by atoms with Gasteiger partial charge < -0.3 is 57.8 Å². The highest BCUT2D eigenvalue weighted by Gasteiger charge is 2.33. The summed E-state index contributed by atoms with van der Waals surface area (Å²) in [5.74, 6) is -10.1. The van der Waals surface area contributed by atoms with Crippen LogP contribution in [0.1, 0.15) is 44.1 Å². The fourth-order valence-corrected chi connectivity index (χ4v) is 4.37. The molecule has 0 aromatic heterocycles. The number of nitrogens with two attached hydrogens (primary N) is 2. The number of carboxylic acid groups (broad SMARTS) is 3. The second-order valence-electron chi connectivity index (χ2n) is 10.5. The van der Waals surface area contributed by atoms with E-state index in [2.05, 4.69) is 15.2 Å². The molecule has 0 bridgehead atoms. The maximum absolute atomic E-state index is 13.3. The van der Waals surface area contributed by atoms with Crippen LogP contribution in [0.2, 0.25) is 0 Å². The summed E-state index contributed by atoms with van der Waals surface area (Å²) in [6.07, 6.45) is -3.52. The van der Waals surface area contributed by atoms with E-state index in [1.165, 1.54) is 0 Å². The lowest BCUT2D eigenvalue weighted by Gasteiger charge is -2.26. The summed E-state index contributed by atoms with van der Waals surface area (Å²) in [5.41, 5.74) is 11.8. The van der Waals surface area contributed by atoms with Crippen LogP contribution in [0.15, 0.2) is 30.3 Å². The molecule has 0 aliphatic heterocycles. The zero-order valence-corrected chi connectivity index (χ0v) is 26.7. The highest BCUT2D eigenvalue weighted by atomic mass is 31.2. The molecule has 0 saturated heterocycles. The monoisotopic (exact) mass is 718 g/mol. The van der Waals surface area contributed by atoms with Gasteiger partial charge in [-0.15, -0.1) is 0 Å². The van der Waals surface area contributed by atoms with Gasteiger partial charge in [0, 0.05) is 19.3 Å². The highest BCUT2D eigenvalue weighted by Crippen LogP contribution is 2.35. The zero-order chi connectivity index (χ0) is 37.3. The molecule has 1 aromatic rings. The molecular formula is C27H39N6O15P. The van der Waals surface area contributed by atoms with Crippen molar-refractivity contribution < 1.29 is 72.6 Å².